The molecule has 1 N–H and O–H groups in total. The van der Waals surface area contributed by atoms with Crippen LogP contribution in [-0.4, -0.2) is 94.7 Å². The summed E-state index contributed by atoms with van der Waals surface area (Å²) in [4.78, 5) is 27.7. The van der Waals surface area contributed by atoms with Crippen LogP contribution in [0.5, 0.6) is 11.8 Å². The normalized spacial score (nSPS) is 20.0. The number of ether oxygens (including phenoxy) is 2. The lowest BCUT2D eigenvalue weighted by Crippen LogP contribution is -2.61. The third-order valence-electron chi connectivity index (χ3n) is 9.82. The van der Waals surface area contributed by atoms with Crippen LogP contribution in [0.15, 0.2) is 43.1 Å². The first-order chi connectivity index (χ1) is 22.0. The summed E-state index contributed by atoms with van der Waals surface area (Å²) in [6.07, 6.45) is 1.74. The molecule has 3 fully saturated rings. The molecule has 3 aliphatic heterocycles. The van der Waals surface area contributed by atoms with Crippen LogP contribution in [0.25, 0.3) is 32.9 Å². The van der Waals surface area contributed by atoms with Gasteiger partial charge in [0.1, 0.15) is 18.2 Å². The molecule has 10 nitrogen and oxygen atoms in total. The Morgan fingerprint density at radius 1 is 1.15 bits per heavy atom. The molecule has 4 aromatic rings. The van der Waals surface area contributed by atoms with Crippen LogP contribution in [0.3, 0.4) is 0 Å². The average Bonchev–Trinajstić information content (AvgIpc) is 3.66. The van der Waals surface area contributed by atoms with Gasteiger partial charge in [0.15, 0.2) is 0 Å². The fraction of sp³-hybridized carbons (Fsp3) is 0.455. The second-order valence-corrected chi connectivity index (χ2v) is 12.8. The van der Waals surface area contributed by atoms with E-state index >= 15 is 0 Å². The average molecular weight is 636 g/mol. The van der Waals surface area contributed by atoms with Gasteiger partial charge in [0.25, 0.3) is 0 Å². The van der Waals surface area contributed by atoms with Crippen LogP contribution in [0, 0.1) is 12.3 Å². The Balaban J connectivity index is 1.31. The number of likely N-dealkylation sites (tertiary alicyclic amines) is 2. The minimum absolute atomic E-state index is 0.0168. The zero-order valence-corrected chi connectivity index (χ0v) is 25.9. The van der Waals surface area contributed by atoms with E-state index < -0.39 is 6.36 Å². The molecule has 0 radical (unpaired) electrons. The van der Waals surface area contributed by atoms with Crippen LogP contribution < -0.4 is 14.4 Å². The van der Waals surface area contributed by atoms with Gasteiger partial charge in [-0.25, -0.2) is 0 Å². The number of H-pyrrole nitrogens is 1. The van der Waals surface area contributed by atoms with Crippen molar-refractivity contribution in [1.82, 2.24) is 30.0 Å². The lowest BCUT2D eigenvalue weighted by molar-refractivity contribution is -0.274. The van der Waals surface area contributed by atoms with Gasteiger partial charge in [-0.3, -0.25) is 9.89 Å². The summed E-state index contributed by atoms with van der Waals surface area (Å²) in [5.41, 5.74) is 2.75. The first-order valence-electron chi connectivity index (χ1n) is 15.6. The zero-order chi connectivity index (χ0) is 32.2. The minimum atomic E-state index is -4.92. The third-order valence-corrected chi connectivity index (χ3v) is 9.82. The van der Waals surface area contributed by atoms with Gasteiger partial charge >= 0.3 is 12.4 Å². The quantitative estimate of drug-likeness (QED) is 0.267. The summed E-state index contributed by atoms with van der Waals surface area (Å²) in [5, 5.41) is 8.14. The van der Waals surface area contributed by atoms with Gasteiger partial charge in [0, 0.05) is 54.0 Å². The number of aromatic amines is 1. The summed E-state index contributed by atoms with van der Waals surface area (Å²) < 4.78 is 52.6. The number of halogens is 3. The fourth-order valence-corrected chi connectivity index (χ4v) is 7.23. The Kier molecular flexibility index (Phi) is 7.53. The summed E-state index contributed by atoms with van der Waals surface area (Å²) in [6, 6.07) is 7.14. The molecule has 1 unspecified atom stereocenters. The van der Waals surface area contributed by atoms with Crippen molar-refractivity contribution in [3.63, 3.8) is 0 Å². The molecule has 2 aromatic carbocycles. The van der Waals surface area contributed by atoms with E-state index in [0.29, 0.717) is 66.0 Å². The second-order valence-electron chi connectivity index (χ2n) is 12.8. The van der Waals surface area contributed by atoms with Gasteiger partial charge in [-0.1, -0.05) is 12.6 Å². The molecule has 13 heteroatoms. The Bertz CT molecular complexity index is 1810. The number of aryl methyl sites for hydroxylation is 1. The molecule has 0 saturated carbocycles. The van der Waals surface area contributed by atoms with Crippen molar-refractivity contribution >= 4 is 33.5 Å². The van der Waals surface area contributed by atoms with Crippen molar-refractivity contribution in [3.8, 4) is 22.9 Å². The molecule has 1 spiro atoms. The highest BCUT2D eigenvalue weighted by atomic mass is 19.4. The van der Waals surface area contributed by atoms with Crippen LogP contribution in [0.2, 0.25) is 0 Å². The smallest absolute Gasteiger partial charge is 0.462 e. The van der Waals surface area contributed by atoms with Gasteiger partial charge < -0.3 is 24.2 Å². The van der Waals surface area contributed by atoms with E-state index in [1.165, 1.54) is 12.1 Å². The van der Waals surface area contributed by atoms with Crippen molar-refractivity contribution in [2.75, 3.05) is 51.3 Å². The maximum absolute atomic E-state index is 13.9. The molecule has 1 amide bonds. The molecule has 1 atom stereocenters. The summed E-state index contributed by atoms with van der Waals surface area (Å²) >= 11 is 0. The van der Waals surface area contributed by atoms with Crippen molar-refractivity contribution in [1.29, 1.82) is 0 Å². The van der Waals surface area contributed by atoms with Gasteiger partial charge in [-0.15, -0.1) is 13.2 Å². The number of anilines is 1. The van der Waals surface area contributed by atoms with E-state index in [9.17, 15) is 18.0 Å². The fourth-order valence-electron chi connectivity index (χ4n) is 7.23. The predicted octanol–water partition coefficient (Wildman–Crippen LogP) is 5.47. The number of likely N-dealkylation sites (N-methyl/N-ethyl adjacent to an activating group) is 1. The Morgan fingerprint density at radius 3 is 2.63 bits per heavy atom. The summed E-state index contributed by atoms with van der Waals surface area (Å²) in [7, 11) is 2.06. The van der Waals surface area contributed by atoms with Crippen molar-refractivity contribution in [2.45, 2.75) is 45.0 Å². The van der Waals surface area contributed by atoms with E-state index in [1.54, 1.807) is 17.2 Å². The Morgan fingerprint density at radius 2 is 1.93 bits per heavy atom. The zero-order valence-electron chi connectivity index (χ0n) is 25.9. The van der Waals surface area contributed by atoms with E-state index in [0.717, 1.165) is 37.8 Å². The predicted molar refractivity (Wildman–Crippen MR) is 168 cm³/mol. The van der Waals surface area contributed by atoms with E-state index in [4.69, 9.17) is 19.4 Å². The highest BCUT2D eigenvalue weighted by molar-refractivity contribution is 6.02. The number of alkyl halides is 3. The van der Waals surface area contributed by atoms with Crippen molar-refractivity contribution in [3.05, 3.63) is 48.7 Å². The molecule has 2 aromatic heterocycles. The topological polar surface area (TPSA) is 99.7 Å². The lowest BCUT2D eigenvalue weighted by atomic mass is 9.72. The molecule has 0 aliphatic carbocycles. The first kappa shape index (κ1) is 30.3. The molecule has 0 bridgehead atoms. The SMILES string of the molecule is C=CC(=O)N1CC2(CCN(c3nc(OCC4CCCN4C)nc4cc(-c5c(C)ccc6[nH]ncc56)c(OC(F)(F)F)cc34)CC2)C1. The van der Waals surface area contributed by atoms with E-state index in [1.807, 2.05) is 19.1 Å². The highest BCUT2D eigenvalue weighted by Gasteiger charge is 2.46. The van der Waals surface area contributed by atoms with Crippen molar-refractivity contribution < 1.29 is 27.4 Å². The minimum Gasteiger partial charge on any atom is -0.462 e. The third kappa shape index (κ3) is 5.61. The molecule has 5 heterocycles. The van der Waals surface area contributed by atoms with Crippen LogP contribution >= 0.6 is 0 Å². The number of piperidine rings is 1. The molecular formula is C33H36F3N7O3. The molecule has 242 valence electrons. The maximum atomic E-state index is 13.9. The number of nitrogens with one attached hydrogen (secondary N) is 1. The number of fused-ring (bicyclic) bond motifs is 2. The van der Waals surface area contributed by atoms with E-state index in [-0.39, 0.29) is 34.7 Å². The number of carbonyl (C=O) groups excluding carboxylic acids is 1. The number of hydrogen-bond acceptors (Lipinski definition) is 8. The van der Waals surface area contributed by atoms with Crippen LogP contribution in [0.1, 0.15) is 31.2 Å². The monoisotopic (exact) mass is 635 g/mol. The Hall–Kier alpha value is -4.39. The number of carbonyl (C=O) groups is 1. The molecular weight excluding hydrogens is 599 g/mol. The first-order valence-corrected chi connectivity index (χ1v) is 15.6. The van der Waals surface area contributed by atoms with Crippen LogP contribution in [0.4, 0.5) is 19.0 Å². The van der Waals surface area contributed by atoms with Gasteiger partial charge in [0.05, 0.1) is 17.2 Å². The maximum Gasteiger partial charge on any atom is 0.573 e. The molecule has 3 aliphatic rings. The number of rotatable bonds is 7. The van der Waals surface area contributed by atoms with Gasteiger partial charge in [-0.05, 0) is 81.6 Å². The molecule has 46 heavy (non-hydrogen) atoms. The number of hydrogen-bond donors (Lipinski definition) is 1. The van der Waals surface area contributed by atoms with Gasteiger partial charge in [0.2, 0.25) is 5.91 Å². The van der Waals surface area contributed by atoms with Crippen LogP contribution in [-0.2, 0) is 4.79 Å². The van der Waals surface area contributed by atoms with Gasteiger partial charge in [-0.2, -0.15) is 15.1 Å². The lowest BCUT2D eigenvalue weighted by Gasteiger charge is -2.54. The summed E-state index contributed by atoms with van der Waals surface area (Å²) in [5.74, 6) is 0.0950. The number of benzene rings is 2. The standard InChI is InChI=1S/C33H36F3N7O3/c1-4-28(44)43-18-32(19-43)9-12-42(13-10-32)30-22-15-27(46-33(34,35)36)23(29-20(2)7-8-25-24(29)16-37-40-25)14-26(22)38-31(39-30)45-17-21-6-5-11-41(21)3/h4,7-8,14-16,21H,1,5-6,9-13,17-19H2,2-3H3,(H,37,40). The molecule has 7 rings (SSSR count). The van der Waals surface area contributed by atoms with E-state index in [2.05, 4.69) is 33.6 Å². The Labute approximate surface area is 264 Å². The number of aromatic nitrogens is 4. The number of amides is 1. The second kappa shape index (κ2) is 11.4. The number of nitrogens with zero attached hydrogens (tertiary/aromatic N) is 6. The molecule has 3 saturated heterocycles. The van der Waals surface area contributed by atoms with Crippen molar-refractivity contribution in [2.24, 2.45) is 5.41 Å². The highest BCUT2D eigenvalue weighted by Crippen LogP contribution is 2.45. The largest absolute Gasteiger partial charge is 0.573 e. The summed E-state index contributed by atoms with van der Waals surface area (Å²) in [6.45, 7) is 9.42.